The van der Waals surface area contributed by atoms with Gasteiger partial charge in [-0.25, -0.2) is 14.3 Å². The van der Waals surface area contributed by atoms with Crippen molar-refractivity contribution < 1.29 is 9.53 Å². The molecule has 0 aliphatic rings. The summed E-state index contributed by atoms with van der Waals surface area (Å²) in [6.45, 7) is 2.03. The van der Waals surface area contributed by atoms with Crippen molar-refractivity contribution in [2.75, 3.05) is 7.11 Å². The molecule has 3 aromatic rings. The second-order valence-corrected chi connectivity index (χ2v) is 5.35. The van der Waals surface area contributed by atoms with E-state index in [0.29, 0.717) is 0 Å². The number of aryl methyl sites for hydroxylation is 1. The molecular formula is C14H11IN2O2. The number of benzene rings is 1. The van der Waals surface area contributed by atoms with Gasteiger partial charge in [-0.05, 0) is 47.7 Å². The van der Waals surface area contributed by atoms with Crippen LogP contribution in [-0.4, -0.2) is 22.8 Å². The number of ether oxygens (including phenoxy) is 1. The van der Waals surface area contributed by atoms with E-state index in [1.54, 1.807) is 10.8 Å². The quantitative estimate of drug-likeness (QED) is 0.450. The number of fused-ring (bicyclic) bond motifs is 3. The van der Waals surface area contributed by atoms with Crippen molar-refractivity contribution in [3.63, 3.8) is 0 Å². The summed E-state index contributed by atoms with van der Waals surface area (Å²) < 4.78 is 7.26. The van der Waals surface area contributed by atoms with E-state index >= 15 is 0 Å². The molecule has 0 saturated carbocycles. The van der Waals surface area contributed by atoms with E-state index in [1.165, 1.54) is 7.11 Å². The minimum atomic E-state index is -0.394. The first-order valence-electron chi connectivity index (χ1n) is 5.77. The van der Waals surface area contributed by atoms with Gasteiger partial charge in [0.1, 0.15) is 3.70 Å². The zero-order chi connectivity index (χ0) is 13.6. The van der Waals surface area contributed by atoms with Gasteiger partial charge in [0, 0.05) is 17.0 Å². The molecule has 0 aliphatic carbocycles. The summed E-state index contributed by atoms with van der Waals surface area (Å²) in [6.07, 6.45) is 1.36. The predicted molar refractivity (Wildman–Crippen MR) is 82.5 cm³/mol. The normalized spacial score (nSPS) is 11.1. The predicted octanol–water partition coefficient (Wildman–Crippen LogP) is 3.72. The van der Waals surface area contributed by atoms with Gasteiger partial charge in [0.05, 0.1) is 18.1 Å². The van der Waals surface area contributed by atoms with Gasteiger partial charge >= 0.3 is 6.09 Å². The van der Waals surface area contributed by atoms with Gasteiger partial charge < -0.3 is 4.74 Å². The topological polar surface area (TPSA) is 44.1 Å². The lowest BCUT2D eigenvalue weighted by Gasteiger charge is -2.04. The van der Waals surface area contributed by atoms with E-state index in [1.807, 2.05) is 25.1 Å². The van der Waals surface area contributed by atoms with E-state index in [2.05, 4.69) is 33.6 Å². The average Bonchev–Trinajstić information content (AvgIpc) is 2.73. The number of carbonyl (C=O) groups is 1. The van der Waals surface area contributed by atoms with Gasteiger partial charge in [-0.2, -0.15) is 0 Å². The van der Waals surface area contributed by atoms with Crippen LogP contribution in [-0.2, 0) is 4.74 Å². The Labute approximate surface area is 123 Å². The molecule has 2 aromatic heterocycles. The number of halogens is 1. The third-order valence-electron chi connectivity index (χ3n) is 3.14. The van der Waals surface area contributed by atoms with Gasteiger partial charge in [0.15, 0.2) is 0 Å². The first kappa shape index (κ1) is 12.4. The number of nitrogens with zero attached hydrogens (tertiary/aromatic N) is 2. The van der Waals surface area contributed by atoms with Crippen LogP contribution in [0.1, 0.15) is 5.56 Å². The van der Waals surface area contributed by atoms with Gasteiger partial charge in [-0.15, -0.1) is 0 Å². The SMILES string of the molecule is COC(=O)n1c2ccc(C)cc2c2ccnc(I)c21. The van der Waals surface area contributed by atoms with Crippen molar-refractivity contribution in [1.29, 1.82) is 0 Å². The minimum absolute atomic E-state index is 0.394. The van der Waals surface area contributed by atoms with Crippen LogP contribution in [0.15, 0.2) is 30.5 Å². The molecule has 0 unspecified atom stereocenters. The zero-order valence-corrected chi connectivity index (χ0v) is 12.6. The van der Waals surface area contributed by atoms with Crippen LogP contribution in [0.3, 0.4) is 0 Å². The lowest BCUT2D eigenvalue weighted by molar-refractivity contribution is 0.175. The summed E-state index contributed by atoms with van der Waals surface area (Å²) in [6, 6.07) is 7.94. The Hall–Kier alpha value is -1.63. The Bertz CT molecular complexity index is 808. The zero-order valence-electron chi connectivity index (χ0n) is 10.5. The van der Waals surface area contributed by atoms with Gasteiger partial charge in [-0.1, -0.05) is 11.6 Å². The van der Waals surface area contributed by atoms with Crippen LogP contribution in [0.5, 0.6) is 0 Å². The van der Waals surface area contributed by atoms with Crippen LogP contribution >= 0.6 is 22.6 Å². The molecule has 96 valence electrons. The second kappa shape index (κ2) is 4.48. The highest BCUT2D eigenvalue weighted by atomic mass is 127. The Morgan fingerprint density at radius 1 is 1.32 bits per heavy atom. The maximum Gasteiger partial charge on any atom is 0.418 e. The first-order valence-corrected chi connectivity index (χ1v) is 6.85. The lowest BCUT2D eigenvalue weighted by atomic mass is 10.1. The molecule has 3 rings (SSSR count). The molecule has 1 aromatic carbocycles. The van der Waals surface area contributed by atoms with E-state index in [4.69, 9.17) is 4.74 Å². The van der Waals surface area contributed by atoms with E-state index in [9.17, 15) is 4.79 Å². The number of aromatic nitrogens is 2. The number of hydrogen-bond acceptors (Lipinski definition) is 3. The van der Waals surface area contributed by atoms with Crippen LogP contribution in [0.25, 0.3) is 21.8 Å². The van der Waals surface area contributed by atoms with Gasteiger partial charge in [0.25, 0.3) is 0 Å². The molecule has 4 nitrogen and oxygen atoms in total. The number of carbonyl (C=O) groups excluding carboxylic acids is 1. The fourth-order valence-electron chi connectivity index (χ4n) is 2.32. The molecule has 0 fully saturated rings. The molecule has 0 amide bonds. The molecule has 2 heterocycles. The van der Waals surface area contributed by atoms with Crippen molar-refractivity contribution in [1.82, 2.24) is 9.55 Å². The van der Waals surface area contributed by atoms with Crippen molar-refractivity contribution in [2.24, 2.45) is 0 Å². The number of pyridine rings is 1. The van der Waals surface area contributed by atoms with Gasteiger partial charge in [0.2, 0.25) is 0 Å². The highest BCUT2D eigenvalue weighted by Crippen LogP contribution is 2.31. The summed E-state index contributed by atoms with van der Waals surface area (Å²) in [5.74, 6) is 0. The van der Waals surface area contributed by atoms with E-state index < -0.39 is 6.09 Å². The number of rotatable bonds is 0. The van der Waals surface area contributed by atoms with Crippen LogP contribution in [0.2, 0.25) is 0 Å². The Kier molecular flexibility index (Phi) is 2.93. The van der Waals surface area contributed by atoms with Gasteiger partial charge in [-0.3, -0.25) is 0 Å². The Morgan fingerprint density at radius 3 is 2.84 bits per heavy atom. The standard InChI is InChI=1S/C14H11IN2O2/c1-8-3-4-11-10(7-8)9-5-6-16-13(15)12(9)17(11)14(18)19-2/h3-7H,1-2H3. The fourth-order valence-corrected chi connectivity index (χ4v) is 3.01. The summed E-state index contributed by atoms with van der Waals surface area (Å²) in [7, 11) is 1.39. The largest absolute Gasteiger partial charge is 0.452 e. The average molecular weight is 366 g/mol. The molecule has 0 atom stereocenters. The number of methoxy groups -OCH3 is 1. The van der Waals surface area contributed by atoms with Crippen molar-refractivity contribution in [2.45, 2.75) is 6.92 Å². The Balaban J connectivity index is 2.58. The molecule has 0 spiro atoms. The lowest BCUT2D eigenvalue weighted by Crippen LogP contribution is -2.11. The molecule has 0 saturated heterocycles. The fraction of sp³-hybridized carbons (Fsp3) is 0.143. The minimum Gasteiger partial charge on any atom is -0.452 e. The first-order chi connectivity index (χ1) is 9.13. The van der Waals surface area contributed by atoms with E-state index in [-0.39, 0.29) is 0 Å². The number of hydrogen-bond donors (Lipinski definition) is 0. The smallest absolute Gasteiger partial charge is 0.418 e. The molecule has 0 N–H and O–H groups in total. The van der Waals surface area contributed by atoms with Crippen molar-refractivity contribution >= 4 is 50.5 Å². The summed E-state index contributed by atoms with van der Waals surface area (Å²) >= 11 is 2.14. The van der Waals surface area contributed by atoms with Crippen molar-refractivity contribution in [3.05, 3.63) is 39.7 Å². The molecule has 0 bridgehead atoms. The highest BCUT2D eigenvalue weighted by Gasteiger charge is 2.18. The maximum atomic E-state index is 12.0. The summed E-state index contributed by atoms with van der Waals surface area (Å²) in [5, 5.41) is 2.06. The molecular weight excluding hydrogens is 355 g/mol. The highest BCUT2D eigenvalue weighted by molar-refractivity contribution is 14.1. The molecule has 0 radical (unpaired) electrons. The maximum absolute atomic E-state index is 12.0. The monoisotopic (exact) mass is 366 g/mol. The third-order valence-corrected chi connectivity index (χ3v) is 3.93. The third kappa shape index (κ3) is 1.80. The van der Waals surface area contributed by atoms with E-state index in [0.717, 1.165) is 31.1 Å². The summed E-state index contributed by atoms with van der Waals surface area (Å²) in [5.41, 5.74) is 2.80. The molecule has 0 aliphatic heterocycles. The molecule has 5 heteroatoms. The summed E-state index contributed by atoms with van der Waals surface area (Å²) in [4.78, 5) is 16.3. The van der Waals surface area contributed by atoms with Crippen LogP contribution < -0.4 is 0 Å². The van der Waals surface area contributed by atoms with Crippen LogP contribution in [0, 0.1) is 10.6 Å². The second-order valence-electron chi connectivity index (χ2n) is 4.32. The Morgan fingerprint density at radius 2 is 2.11 bits per heavy atom. The molecule has 19 heavy (non-hydrogen) atoms. The van der Waals surface area contributed by atoms with Crippen LogP contribution in [0.4, 0.5) is 4.79 Å². The van der Waals surface area contributed by atoms with Crippen molar-refractivity contribution in [3.8, 4) is 0 Å².